The van der Waals surface area contributed by atoms with Crippen LogP contribution in [0.15, 0.2) is 24.3 Å². The molecule has 2 N–H and O–H groups in total. The fraction of sp³-hybridized carbons (Fsp3) is 0.533. The second kappa shape index (κ2) is 5.14. The fourth-order valence-electron chi connectivity index (χ4n) is 2.43. The van der Waals surface area contributed by atoms with Crippen LogP contribution in [0.25, 0.3) is 0 Å². The quantitative estimate of drug-likeness (QED) is 0.891. The summed E-state index contributed by atoms with van der Waals surface area (Å²) in [6.45, 7) is 3.62. The zero-order valence-electron chi connectivity index (χ0n) is 11.4. The number of nitrogens with one attached hydrogen (secondary N) is 1. The highest BCUT2D eigenvalue weighted by Crippen LogP contribution is 2.44. The summed E-state index contributed by atoms with van der Waals surface area (Å²) in [5.74, 6) is -0.0110. The molecule has 3 nitrogen and oxygen atoms in total. The zero-order valence-corrected chi connectivity index (χ0v) is 12.1. The van der Waals surface area contributed by atoms with Gasteiger partial charge in [-0.3, -0.25) is 4.79 Å². The molecule has 0 atom stereocenters. The molecule has 0 aromatic heterocycles. The molecule has 4 heteroatoms. The molecule has 1 aliphatic rings. The molecule has 0 saturated heterocycles. The van der Waals surface area contributed by atoms with E-state index in [0.29, 0.717) is 5.02 Å². The largest absolute Gasteiger partial charge is 0.389 e. The van der Waals surface area contributed by atoms with Crippen molar-refractivity contribution < 1.29 is 9.90 Å². The average Bonchev–Trinajstić information content (AvgIpc) is 2.24. The molecule has 0 bridgehead atoms. The fourth-order valence-corrected chi connectivity index (χ4v) is 2.62. The van der Waals surface area contributed by atoms with Crippen LogP contribution in [0, 0.1) is 0 Å². The van der Waals surface area contributed by atoms with Crippen molar-refractivity contribution in [3.8, 4) is 0 Å². The van der Waals surface area contributed by atoms with Gasteiger partial charge in [-0.05, 0) is 44.4 Å². The van der Waals surface area contributed by atoms with Crippen LogP contribution in [0.5, 0.6) is 0 Å². The van der Waals surface area contributed by atoms with Crippen LogP contribution in [0.3, 0.4) is 0 Å². The predicted octanol–water partition coefficient (Wildman–Crippen LogP) is 2.65. The lowest BCUT2D eigenvalue weighted by atomic mass is 9.64. The lowest BCUT2D eigenvalue weighted by Crippen LogP contribution is -2.52. The summed E-state index contributed by atoms with van der Waals surface area (Å²) < 4.78 is 0. The maximum Gasteiger partial charge on any atom is 0.230 e. The van der Waals surface area contributed by atoms with Gasteiger partial charge in [-0.2, -0.15) is 0 Å². The number of aliphatic hydroxyl groups is 1. The van der Waals surface area contributed by atoms with Gasteiger partial charge in [0.15, 0.2) is 0 Å². The third-order valence-corrected chi connectivity index (χ3v) is 3.94. The van der Waals surface area contributed by atoms with Gasteiger partial charge in [-0.1, -0.05) is 30.2 Å². The van der Waals surface area contributed by atoms with Crippen molar-refractivity contribution >= 4 is 17.5 Å². The summed E-state index contributed by atoms with van der Waals surface area (Å²) in [5.41, 5.74) is -0.384. The highest BCUT2D eigenvalue weighted by Gasteiger charge is 2.45. The molecule has 0 heterocycles. The highest BCUT2D eigenvalue weighted by atomic mass is 35.5. The van der Waals surface area contributed by atoms with Crippen LogP contribution in [-0.2, 0) is 10.2 Å². The molecule has 1 fully saturated rings. The first-order chi connectivity index (χ1) is 8.83. The number of hydrogen-bond donors (Lipinski definition) is 2. The topological polar surface area (TPSA) is 49.3 Å². The summed E-state index contributed by atoms with van der Waals surface area (Å²) in [6.07, 6.45) is 2.72. The van der Waals surface area contributed by atoms with E-state index in [-0.39, 0.29) is 12.5 Å². The van der Waals surface area contributed by atoms with E-state index in [1.807, 2.05) is 24.3 Å². The lowest BCUT2D eigenvalue weighted by molar-refractivity contribution is -0.131. The monoisotopic (exact) mass is 281 g/mol. The zero-order chi connectivity index (χ0) is 14.1. The number of amides is 1. The van der Waals surface area contributed by atoms with Crippen molar-refractivity contribution in [2.45, 2.75) is 44.1 Å². The summed E-state index contributed by atoms with van der Waals surface area (Å²) in [7, 11) is 0. The van der Waals surface area contributed by atoms with Gasteiger partial charge >= 0.3 is 0 Å². The Morgan fingerprint density at radius 1 is 1.47 bits per heavy atom. The SMILES string of the molecule is CC(C)(O)CNC(=O)C1(c2cccc(Cl)c2)CCC1. The first-order valence-corrected chi connectivity index (χ1v) is 6.98. The second-order valence-electron chi connectivity index (χ2n) is 5.94. The number of halogens is 1. The van der Waals surface area contributed by atoms with E-state index in [0.717, 1.165) is 24.8 Å². The van der Waals surface area contributed by atoms with Crippen molar-refractivity contribution in [1.29, 1.82) is 0 Å². The molecular weight excluding hydrogens is 262 g/mol. The molecular formula is C15H20ClNO2. The highest BCUT2D eigenvalue weighted by molar-refractivity contribution is 6.30. The Hall–Kier alpha value is -1.06. The Labute approximate surface area is 119 Å². The summed E-state index contributed by atoms with van der Waals surface area (Å²) >= 11 is 6.01. The Bertz CT molecular complexity index is 475. The molecule has 0 spiro atoms. The number of benzene rings is 1. The number of hydrogen-bond acceptors (Lipinski definition) is 2. The van der Waals surface area contributed by atoms with Crippen LogP contribution in [-0.4, -0.2) is 23.2 Å². The van der Waals surface area contributed by atoms with Crippen molar-refractivity contribution in [2.24, 2.45) is 0 Å². The first-order valence-electron chi connectivity index (χ1n) is 6.60. The average molecular weight is 282 g/mol. The Balaban J connectivity index is 2.16. The van der Waals surface area contributed by atoms with Crippen molar-refractivity contribution in [1.82, 2.24) is 5.32 Å². The minimum absolute atomic E-state index is 0.0110. The van der Waals surface area contributed by atoms with Gasteiger partial charge in [0.05, 0.1) is 11.0 Å². The van der Waals surface area contributed by atoms with Gasteiger partial charge < -0.3 is 10.4 Å². The molecule has 1 aromatic carbocycles. The first kappa shape index (κ1) is 14.4. The molecule has 1 aliphatic carbocycles. The van der Waals surface area contributed by atoms with Gasteiger partial charge in [0, 0.05) is 11.6 Å². The Morgan fingerprint density at radius 3 is 2.63 bits per heavy atom. The van der Waals surface area contributed by atoms with Gasteiger partial charge in [-0.15, -0.1) is 0 Å². The molecule has 0 aliphatic heterocycles. The van der Waals surface area contributed by atoms with E-state index in [1.54, 1.807) is 13.8 Å². The minimum Gasteiger partial charge on any atom is -0.389 e. The van der Waals surface area contributed by atoms with E-state index in [9.17, 15) is 9.90 Å². The smallest absolute Gasteiger partial charge is 0.230 e. The van der Waals surface area contributed by atoms with Crippen LogP contribution in [0.1, 0.15) is 38.7 Å². The van der Waals surface area contributed by atoms with E-state index < -0.39 is 11.0 Å². The second-order valence-corrected chi connectivity index (χ2v) is 6.38. The molecule has 1 aromatic rings. The van der Waals surface area contributed by atoms with E-state index in [2.05, 4.69) is 5.32 Å². The Kier molecular flexibility index (Phi) is 3.88. The molecule has 0 unspecified atom stereocenters. The van der Waals surface area contributed by atoms with Crippen molar-refractivity contribution in [3.63, 3.8) is 0 Å². The third kappa shape index (κ3) is 3.10. The summed E-state index contributed by atoms with van der Waals surface area (Å²) in [4.78, 5) is 12.4. The van der Waals surface area contributed by atoms with Gasteiger partial charge in [0.1, 0.15) is 0 Å². The molecule has 2 rings (SSSR count). The maximum atomic E-state index is 12.4. The van der Waals surface area contributed by atoms with Crippen LogP contribution < -0.4 is 5.32 Å². The summed E-state index contributed by atoms with van der Waals surface area (Å²) in [5, 5.41) is 13.2. The summed E-state index contributed by atoms with van der Waals surface area (Å²) in [6, 6.07) is 7.51. The third-order valence-electron chi connectivity index (χ3n) is 3.70. The van der Waals surface area contributed by atoms with Gasteiger partial charge in [0.25, 0.3) is 0 Å². The number of rotatable bonds is 4. The number of carbonyl (C=O) groups excluding carboxylic acids is 1. The molecule has 0 radical (unpaired) electrons. The molecule has 1 saturated carbocycles. The molecule has 19 heavy (non-hydrogen) atoms. The predicted molar refractivity (Wildman–Crippen MR) is 76.3 cm³/mol. The van der Waals surface area contributed by atoms with E-state index >= 15 is 0 Å². The van der Waals surface area contributed by atoms with E-state index in [1.165, 1.54) is 0 Å². The minimum atomic E-state index is -0.894. The van der Waals surface area contributed by atoms with Crippen LogP contribution in [0.4, 0.5) is 0 Å². The van der Waals surface area contributed by atoms with E-state index in [4.69, 9.17) is 11.6 Å². The van der Waals surface area contributed by atoms with Crippen molar-refractivity contribution in [3.05, 3.63) is 34.9 Å². The van der Waals surface area contributed by atoms with Crippen LogP contribution in [0.2, 0.25) is 5.02 Å². The lowest BCUT2D eigenvalue weighted by Gasteiger charge is -2.41. The van der Waals surface area contributed by atoms with Gasteiger partial charge in [0.2, 0.25) is 5.91 Å². The van der Waals surface area contributed by atoms with Crippen molar-refractivity contribution in [2.75, 3.05) is 6.54 Å². The molecule has 1 amide bonds. The number of carbonyl (C=O) groups is 1. The van der Waals surface area contributed by atoms with Crippen LogP contribution >= 0.6 is 11.6 Å². The van der Waals surface area contributed by atoms with Gasteiger partial charge in [-0.25, -0.2) is 0 Å². The molecule has 104 valence electrons. The maximum absolute atomic E-state index is 12.4. The Morgan fingerprint density at radius 2 is 2.16 bits per heavy atom. The normalized spacial score (nSPS) is 17.7. The standard InChI is InChI=1S/C15H20ClNO2/c1-14(2,19)10-17-13(18)15(7-4-8-15)11-5-3-6-12(16)9-11/h3,5-6,9,19H,4,7-8,10H2,1-2H3,(H,17,18).